The Morgan fingerprint density at radius 3 is 1.32 bits per heavy atom. The summed E-state index contributed by atoms with van der Waals surface area (Å²) in [6, 6.07) is 118. The molecule has 15 aromatic rings. The fourth-order valence-electron chi connectivity index (χ4n) is 15.3. The second kappa shape index (κ2) is 19.5. The number of para-hydroxylation sites is 2. The van der Waals surface area contributed by atoms with Crippen LogP contribution >= 0.6 is 0 Å². The zero-order valence-electron chi connectivity index (χ0n) is 47.8. The molecule has 1 unspecified atom stereocenters. The number of benzene rings is 13. The summed E-state index contributed by atoms with van der Waals surface area (Å²) in [5, 5.41) is 2.38. The topological polar surface area (TPSA) is 46.8 Å². The van der Waals surface area contributed by atoms with Crippen LogP contribution in [0.3, 0.4) is 0 Å². The molecule has 2 aromatic heterocycles. The third-order valence-electron chi connectivity index (χ3n) is 18.9. The maximum atomic E-state index is 5.53. The van der Waals surface area contributed by atoms with Gasteiger partial charge in [-0.2, -0.15) is 9.97 Å². The lowest BCUT2D eigenvalue weighted by atomic mass is 9.64. The molecule has 18 rings (SSSR count). The molecule has 0 saturated heterocycles. The Morgan fingerprint density at radius 2 is 0.693 bits per heavy atom. The Balaban J connectivity index is 0.904. The number of hydrogen-bond acceptors (Lipinski definition) is 4. The van der Waals surface area contributed by atoms with Crippen LogP contribution in [0.5, 0.6) is 0 Å². The molecule has 1 spiro atoms. The number of aromatic nitrogens is 4. The van der Waals surface area contributed by atoms with Gasteiger partial charge in [-0.15, -0.1) is 0 Å². The van der Waals surface area contributed by atoms with Crippen molar-refractivity contribution >= 4 is 39.1 Å². The van der Waals surface area contributed by atoms with Crippen LogP contribution in [0.4, 0.5) is 17.3 Å². The third-order valence-corrected chi connectivity index (χ3v) is 18.9. The molecular formula is C83H53N5. The van der Waals surface area contributed by atoms with E-state index in [2.05, 4.69) is 295 Å². The number of anilines is 3. The average Bonchev–Trinajstić information content (AvgIpc) is 1.47. The highest BCUT2D eigenvalue weighted by atomic mass is 15.3. The Hall–Kier alpha value is -11.5. The van der Waals surface area contributed by atoms with Crippen LogP contribution < -0.4 is 4.90 Å². The van der Waals surface area contributed by atoms with Gasteiger partial charge in [-0.3, -0.25) is 4.90 Å². The standard InChI is InChI=1S/C83H53N5/c1-6-24-54(25-7-1)55-42-46-62(47-43-55)87-73-40-22-18-34-63(73)66-52-58(45-51-74(66)87)59-44-48-70-76(53-59)88(81-85-79(56-26-8-2-9-27-56)84-80(86-81)57-28-10-3-11-29-57)75-41-23-21-39-69(75)83(70)68-38-20-17-36-65(68)78-72(83)50-49-71-77(78)64-35-16-19-37-67(64)82(71,60-30-12-4-13-31-60)61-32-14-5-15-33-61/h1-53H. The van der Waals surface area contributed by atoms with E-state index < -0.39 is 10.8 Å². The second-order valence-electron chi connectivity index (χ2n) is 23.3. The molecular weight excluding hydrogens is 1070 g/mol. The Morgan fingerprint density at radius 1 is 0.261 bits per heavy atom. The van der Waals surface area contributed by atoms with Crippen molar-refractivity contribution in [3.63, 3.8) is 0 Å². The van der Waals surface area contributed by atoms with E-state index in [-0.39, 0.29) is 0 Å². The van der Waals surface area contributed by atoms with Gasteiger partial charge in [0.25, 0.3) is 0 Å². The molecule has 5 heteroatoms. The van der Waals surface area contributed by atoms with Crippen molar-refractivity contribution in [1.29, 1.82) is 0 Å². The summed E-state index contributed by atoms with van der Waals surface area (Å²) >= 11 is 0. The average molecular weight is 1120 g/mol. The highest BCUT2D eigenvalue weighted by Gasteiger charge is 2.56. The summed E-state index contributed by atoms with van der Waals surface area (Å²) in [5.41, 5.74) is 25.3. The quantitative estimate of drug-likeness (QED) is 0.152. The number of hydrogen-bond donors (Lipinski definition) is 0. The molecule has 0 amide bonds. The molecule has 410 valence electrons. The first-order chi connectivity index (χ1) is 43.7. The van der Waals surface area contributed by atoms with Crippen LogP contribution in [0.25, 0.3) is 94.8 Å². The minimum atomic E-state index is -0.785. The van der Waals surface area contributed by atoms with Gasteiger partial charge >= 0.3 is 0 Å². The number of nitrogens with zero attached hydrogens (tertiary/aromatic N) is 5. The van der Waals surface area contributed by atoms with Gasteiger partial charge in [0.2, 0.25) is 5.95 Å². The van der Waals surface area contributed by atoms with Crippen LogP contribution in [0.1, 0.15) is 44.5 Å². The van der Waals surface area contributed by atoms with E-state index in [1.165, 1.54) is 77.5 Å². The molecule has 5 nitrogen and oxygen atoms in total. The van der Waals surface area contributed by atoms with Crippen molar-refractivity contribution < 1.29 is 0 Å². The fourth-order valence-corrected chi connectivity index (χ4v) is 15.3. The van der Waals surface area contributed by atoms with Gasteiger partial charge in [0.1, 0.15) is 0 Å². The van der Waals surface area contributed by atoms with Crippen molar-refractivity contribution in [3.8, 4) is 73.0 Å². The smallest absolute Gasteiger partial charge is 0.238 e. The summed E-state index contributed by atoms with van der Waals surface area (Å²) in [7, 11) is 0. The monoisotopic (exact) mass is 1120 g/mol. The minimum Gasteiger partial charge on any atom is -0.309 e. The summed E-state index contributed by atoms with van der Waals surface area (Å²) in [4.78, 5) is 18.6. The lowest BCUT2D eigenvalue weighted by molar-refractivity contribution is 0.745. The molecule has 3 aliphatic rings. The van der Waals surface area contributed by atoms with Crippen molar-refractivity contribution in [3.05, 3.63) is 366 Å². The minimum absolute atomic E-state index is 0.537. The lowest BCUT2D eigenvalue weighted by Gasteiger charge is -2.44. The van der Waals surface area contributed by atoms with Gasteiger partial charge < -0.3 is 4.57 Å². The normalized spacial score (nSPS) is 14.7. The fraction of sp³-hybridized carbons (Fsp3) is 0.0241. The van der Waals surface area contributed by atoms with Gasteiger partial charge in [0.05, 0.1) is 33.2 Å². The van der Waals surface area contributed by atoms with Gasteiger partial charge in [-0.05, 0) is 131 Å². The molecule has 0 radical (unpaired) electrons. The van der Waals surface area contributed by atoms with Crippen LogP contribution in [-0.4, -0.2) is 19.5 Å². The van der Waals surface area contributed by atoms with Crippen LogP contribution in [-0.2, 0) is 10.8 Å². The SMILES string of the molecule is c1ccc(-c2ccc(-n3c4ccccc4c4cc(-c5ccc6c(c5)N(c5nc(-c7ccccc7)nc(-c7ccccc7)n5)c5ccccc5C65c6ccccc6-c6c5ccc5c6-c6ccccc6C5(c5ccccc5)c5ccccc5)ccc43)cc2)cc1. The highest BCUT2D eigenvalue weighted by molar-refractivity contribution is 6.11. The lowest BCUT2D eigenvalue weighted by Crippen LogP contribution is -2.37. The van der Waals surface area contributed by atoms with Gasteiger partial charge in [0.15, 0.2) is 11.6 Å². The predicted octanol–water partition coefficient (Wildman–Crippen LogP) is 20.1. The summed E-state index contributed by atoms with van der Waals surface area (Å²) in [6.45, 7) is 0. The van der Waals surface area contributed by atoms with Crippen molar-refractivity contribution in [2.45, 2.75) is 10.8 Å². The molecule has 1 atom stereocenters. The molecule has 0 N–H and O–H groups in total. The van der Waals surface area contributed by atoms with Crippen LogP contribution in [0, 0.1) is 0 Å². The first-order valence-electron chi connectivity index (χ1n) is 30.3. The molecule has 0 saturated carbocycles. The first-order valence-corrected chi connectivity index (χ1v) is 30.3. The maximum absolute atomic E-state index is 5.53. The molecule has 3 heterocycles. The maximum Gasteiger partial charge on any atom is 0.238 e. The number of fused-ring (bicyclic) bond motifs is 16. The second-order valence-corrected chi connectivity index (χ2v) is 23.3. The van der Waals surface area contributed by atoms with Gasteiger partial charge in [-0.1, -0.05) is 279 Å². The van der Waals surface area contributed by atoms with E-state index in [4.69, 9.17) is 15.0 Å². The first kappa shape index (κ1) is 49.9. The van der Waals surface area contributed by atoms with Gasteiger partial charge in [-0.25, -0.2) is 4.98 Å². The summed E-state index contributed by atoms with van der Waals surface area (Å²) < 4.78 is 2.40. The molecule has 2 aliphatic carbocycles. The van der Waals surface area contributed by atoms with E-state index in [9.17, 15) is 0 Å². The zero-order chi connectivity index (χ0) is 57.9. The Kier molecular flexibility index (Phi) is 11.1. The van der Waals surface area contributed by atoms with Crippen molar-refractivity contribution in [1.82, 2.24) is 19.5 Å². The molecule has 88 heavy (non-hydrogen) atoms. The Labute approximate surface area is 510 Å². The molecule has 13 aromatic carbocycles. The highest BCUT2D eigenvalue weighted by Crippen LogP contribution is 2.68. The van der Waals surface area contributed by atoms with E-state index >= 15 is 0 Å². The largest absolute Gasteiger partial charge is 0.309 e. The van der Waals surface area contributed by atoms with Crippen LogP contribution in [0.15, 0.2) is 322 Å². The van der Waals surface area contributed by atoms with E-state index in [0.717, 1.165) is 61.5 Å². The van der Waals surface area contributed by atoms with Crippen molar-refractivity contribution in [2.24, 2.45) is 0 Å². The number of rotatable bonds is 8. The summed E-state index contributed by atoms with van der Waals surface area (Å²) in [5.74, 6) is 1.74. The third kappa shape index (κ3) is 7.13. The molecule has 0 bridgehead atoms. The molecule has 1 aliphatic heterocycles. The molecule has 0 fully saturated rings. The Bertz CT molecular complexity index is 5160. The summed E-state index contributed by atoms with van der Waals surface area (Å²) in [6.07, 6.45) is 0. The predicted molar refractivity (Wildman–Crippen MR) is 359 cm³/mol. The van der Waals surface area contributed by atoms with Crippen molar-refractivity contribution in [2.75, 3.05) is 4.90 Å². The van der Waals surface area contributed by atoms with E-state index in [1.54, 1.807) is 0 Å². The van der Waals surface area contributed by atoms with E-state index in [1.807, 2.05) is 36.4 Å². The van der Waals surface area contributed by atoms with E-state index in [0.29, 0.717) is 17.6 Å². The van der Waals surface area contributed by atoms with Crippen LogP contribution in [0.2, 0.25) is 0 Å². The zero-order valence-corrected chi connectivity index (χ0v) is 47.8. The van der Waals surface area contributed by atoms with Gasteiger partial charge in [0, 0.05) is 27.6 Å².